The number of aliphatic hydroxyl groups is 1. The second-order valence-corrected chi connectivity index (χ2v) is 3.02. The van der Waals surface area contributed by atoms with Crippen LogP contribution in [0.3, 0.4) is 0 Å². The molecule has 0 aliphatic heterocycles. The molecular weight excluding hydrogens is 206 g/mol. The zero-order valence-corrected chi connectivity index (χ0v) is 7.94. The van der Waals surface area contributed by atoms with Gasteiger partial charge in [-0.25, -0.2) is 0 Å². The lowest BCUT2D eigenvalue weighted by Gasteiger charge is -2.00. The molecule has 0 heterocycles. The average molecular weight is 214 g/mol. The molecule has 1 aromatic rings. The third-order valence-corrected chi connectivity index (χ3v) is 2.00. The minimum atomic E-state index is -0.548. The molecule has 5 heteroatoms. The van der Waals surface area contributed by atoms with Gasteiger partial charge in [0.25, 0.3) is 0 Å². The SMILES string of the molecule is O=[N+]([O-])C=Cc1ccc(Cl)c(CO)c1. The van der Waals surface area contributed by atoms with Gasteiger partial charge in [0.1, 0.15) is 0 Å². The van der Waals surface area contributed by atoms with Crippen LogP contribution >= 0.6 is 11.6 Å². The van der Waals surface area contributed by atoms with Crippen LogP contribution in [0, 0.1) is 10.1 Å². The standard InChI is InChI=1S/C9H8ClNO3/c10-9-2-1-7(3-4-11(13)14)5-8(9)6-12/h1-5,12H,6H2. The average Bonchev–Trinajstić information content (AvgIpc) is 2.16. The Hall–Kier alpha value is -1.39. The molecule has 1 rings (SSSR count). The normalized spacial score (nSPS) is 10.7. The molecule has 4 nitrogen and oxygen atoms in total. The Morgan fingerprint density at radius 2 is 2.29 bits per heavy atom. The van der Waals surface area contributed by atoms with Crippen molar-refractivity contribution in [2.45, 2.75) is 6.61 Å². The van der Waals surface area contributed by atoms with Crippen molar-refractivity contribution in [2.24, 2.45) is 0 Å². The molecule has 0 amide bonds. The first-order valence-corrected chi connectivity index (χ1v) is 4.22. The number of halogens is 1. The van der Waals surface area contributed by atoms with Crippen molar-refractivity contribution in [3.05, 3.63) is 50.7 Å². The summed E-state index contributed by atoms with van der Waals surface area (Å²) in [6.45, 7) is -0.182. The summed E-state index contributed by atoms with van der Waals surface area (Å²) in [6.07, 6.45) is 2.18. The number of benzene rings is 1. The van der Waals surface area contributed by atoms with Gasteiger partial charge < -0.3 is 5.11 Å². The van der Waals surface area contributed by atoms with Gasteiger partial charge >= 0.3 is 0 Å². The Labute approximate surface area is 85.6 Å². The zero-order valence-electron chi connectivity index (χ0n) is 7.18. The molecule has 1 N–H and O–H groups in total. The molecule has 0 aliphatic rings. The maximum Gasteiger partial charge on any atom is 0.235 e. The monoisotopic (exact) mass is 213 g/mol. The number of aliphatic hydroxyl groups excluding tert-OH is 1. The first-order chi connectivity index (χ1) is 6.63. The van der Waals surface area contributed by atoms with Crippen LogP contribution in [-0.4, -0.2) is 10.0 Å². The highest BCUT2D eigenvalue weighted by Gasteiger charge is 1.99. The third kappa shape index (κ3) is 2.83. The van der Waals surface area contributed by atoms with Gasteiger partial charge in [0.05, 0.1) is 11.5 Å². The number of rotatable bonds is 3. The maximum absolute atomic E-state index is 10.0. The van der Waals surface area contributed by atoms with E-state index < -0.39 is 4.92 Å². The van der Waals surface area contributed by atoms with E-state index in [0.29, 0.717) is 16.1 Å². The fraction of sp³-hybridized carbons (Fsp3) is 0.111. The van der Waals surface area contributed by atoms with E-state index in [1.807, 2.05) is 0 Å². The van der Waals surface area contributed by atoms with Gasteiger partial charge in [-0.1, -0.05) is 17.7 Å². The van der Waals surface area contributed by atoms with Crippen molar-refractivity contribution in [3.63, 3.8) is 0 Å². The summed E-state index contributed by atoms with van der Waals surface area (Å²) in [5.41, 5.74) is 1.19. The Bertz CT molecular complexity index is 376. The minimum absolute atomic E-state index is 0.182. The molecule has 0 fully saturated rings. The van der Waals surface area contributed by atoms with E-state index in [4.69, 9.17) is 16.7 Å². The second-order valence-electron chi connectivity index (χ2n) is 2.61. The molecule has 0 atom stereocenters. The van der Waals surface area contributed by atoms with Crippen molar-refractivity contribution in [1.82, 2.24) is 0 Å². The van der Waals surface area contributed by atoms with E-state index in [9.17, 15) is 10.1 Å². The van der Waals surface area contributed by atoms with E-state index >= 15 is 0 Å². The molecule has 0 saturated heterocycles. The Morgan fingerprint density at radius 1 is 1.57 bits per heavy atom. The zero-order chi connectivity index (χ0) is 10.6. The van der Waals surface area contributed by atoms with Crippen molar-refractivity contribution >= 4 is 17.7 Å². The predicted molar refractivity (Wildman–Crippen MR) is 53.4 cm³/mol. The molecule has 14 heavy (non-hydrogen) atoms. The van der Waals surface area contributed by atoms with Crippen LogP contribution in [0.15, 0.2) is 24.4 Å². The Morgan fingerprint density at radius 3 is 2.86 bits per heavy atom. The number of hydrogen-bond donors (Lipinski definition) is 1. The molecule has 74 valence electrons. The van der Waals surface area contributed by atoms with Crippen LogP contribution in [0.1, 0.15) is 11.1 Å². The molecule has 0 saturated carbocycles. The number of nitro groups is 1. The Balaban J connectivity index is 2.95. The summed E-state index contributed by atoms with van der Waals surface area (Å²) >= 11 is 5.74. The smallest absolute Gasteiger partial charge is 0.235 e. The molecule has 0 radical (unpaired) electrons. The summed E-state index contributed by atoms with van der Waals surface area (Å²) in [5, 5.41) is 19.4. The fourth-order valence-electron chi connectivity index (χ4n) is 0.966. The highest BCUT2D eigenvalue weighted by Crippen LogP contribution is 2.18. The van der Waals surface area contributed by atoms with E-state index in [-0.39, 0.29) is 6.61 Å². The minimum Gasteiger partial charge on any atom is -0.392 e. The lowest BCUT2D eigenvalue weighted by atomic mass is 10.1. The van der Waals surface area contributed by atoms with Crippen LogP contribution in [0.2, 0.25) is 5.02 Å². The summed E-state index contributed by atoms with van der Waals surface area (Å²) in [5.74, 6) is 0. The fourth-order valence-corrected chi connectivity index (χ4v) is 1.14. The lowest BCUT2D eigenvalue weighted by molar-refractivity contribution is -0.400. The first-order valence-electron chi connectivity index (χ1n) is 3.84. The summed E-state index contributed by atoms with van der Waals surface area (Å²) < 4.78 is 0. The summed E-state index contributed by atoms with van der Waals surface area (Å²) in [4.78, 5) is 9.49. The van der Waals surface area contributed by atoms with E-state index in [2.05, 4.69) is 0 Å². The molecule has 0 unspecified atom stereocenters. The van der Waals surface area contributed by atoms with E-state index in [1.54, 1.807) is 18.2 Å². The molecule has 0 aromatic heterocycles. The Kier molecular flexibility index (Phi) is 3.62. The molecular formula is C9H8ClNO3. The van der Waals surface area contributed by atoms with Crippen molar-refractivity contribution < 1.29 is 10.0 Å². The maximum atomic E-state index is 10.0. The van der Waals surface area contributed by atoms with Gasteiger partial charge in [0, 0.05) is 11.1 Å². The summed E-state index contributed by atoms with van der Waals surface area (Å²) in [6, 6.07) is 4.83. The van der Waals surface area contributed by atoms with Crippen molar-refractivity contribution in [3.8, 4) is 0 Å². The first kappa shape index (κ1) is 10.7. The van der Waals surface area contributed by atoms with E-state index in [1.165, 1.54) is 6.08 Å². The molecule has 0 bridgehead atoms. The van der Waals surface area contributed by atoms with Gasteiger partial charge in [0.15, 0.2) is 0 Å². The summed E-state index contributed by atoms with van der Waals surface area (Å²) in [7, 11) is 0. The van der Waals surface area contributed by atoms with Gasteiger partial charge in [-0.2, -0.15) is 0 Å². The van der Waals surface area contributed by atoms with Crippen molar-refractivity contribution in [2.75, 3.05) is 0 Å². The van der Waals surface area contributed by atoms with Crippen LogP contribution in [0.25, 0.3) is 6.08 Å². The van der Waals surface area contributed by atoms with Crippen LogP contribution in [0.4, 0.5) is 0 Å². The lowest BCUT2D eigenvalue weighted by Crippen LogP contribution is -1.87. The highest BCUT2D eigenvalue weighted by molar-refractivity contribution is 6.31. The molecule has 1 aromatic carbocycles. The van der Waals surface area contributed by atoms with Gasteiger partial charge in [-0.05, 0) is 23.3 Å². The number of hydrogen-bond acceptors (Lipinski definition) is 3. The van der Waals surface area contributed by atoms with Crippen LogP contribution in [-0.2, 0) is 6.61 Å². The quantitative estimate of drug-likeness (QED) is 0.618. The van der Waals surface area contributed by atoms with Gasteiger partial charge in [-0.3, -0.25) is 10.1 Å². The van der Waals surface area contributed by atoms with Gasteiger partial charge in [0.2, 0.25) is 6.20 Å². The predicted octanol–water partition coefficient (Wildman–Crippen LogP) is 2.08. The second kappa shape index (κ2) is 4.74. The molecule has 0 aliphatic carbocycles. The third-order valence-electron chi connectivity index (χ3n) is 1.63. The van der Waals surface area contributed by atoms with Crippen LogP contribution < -0.4 is 0 Å². The van der Waals surface area contributed by atoms with Crippen LogP contribution in [0.5, 0.6) is 0 Å². The topological polar surface area (TPSA) is 63.4 Å². The van der Waals surface area contributed by atoms with Gasteiger partial charge in [-0.15, -0.1) is 0 Å². The molecule has 0 spiro atoms. The largest absolute Gasteiger partial charge is 0.392 e. The highest BCUT2D eigenvalue weighted by atomic mass is 35.5. The number of nitrogens with zero attached hydrogens (tertiary/aromatic N) is 1. The van der Waals surface area contributed by atoms with Crippen molar-refractivity contribution in [1.29, 1.82) is 0 Å². The van der Waals surface area contributed by atoms with E-state index in [0.717, 1.165) is 6.20 Å².